The van der Waals surface area contributed by atoms with Gasteiger partial charge in [0, 0.05) is 31.1 Å². The first-order chi connectivity index (χ1) is 11.1. The minimum atomic E-state index is 0.134. The molecule has 2 aliphatic rings. The molecular weight excluding hydrogens is 288 g/mol. The van der Waals surface area contributed by atoms with Gasteiger partial charge in [-0.05, 0) is 42.9 Å². The molecule has 3 rings (SSSR count). The van der Waals surface area contributed by atoms with Crippen LogP contribution in [0.2, 0.25) is 0 Å². The van der Waals surface area contributed by atoms with E-state index in [0.717, 1.165) is 43.5 Å². The molecule has 1 aromatic carbocycles. The molecule has 0 radical (unpaired) electrons. The van der Waals surface area contributed by atoms with Gasteiger partial charge in [-0.3, -0.25) is 9.59 Å². The Labute approximate surface area is 138 Å². The van der Waals surface area contributed by atoms with Crippen LogP contribution in [0.4, 0.5) is 0 Å². The Kier molecular flexibility index (Phi) is 4.99. The molecule has 2 atom stereocenters. The molecule has 4 heteroatoms. The molecule has 1 N–H and O–H groups in total. The fraction of sp³-hybridized carbons (Fsp3) is 0.579. The van der Waals surface area contributed by atoms with E-state index in [2.05, 4.69) is 12.2 Å². The van der Waals surface area contributed by atoms with Gasteiger partial charge >= 0.3 is 0 Å². The predicted molar refractivity (Wildman–Crippen MR) is 89.9 cm³/mol. The van der Waals surface area contributed by atoms with E-state index in [-0.39, 0.29) is 17.7 Å². The zero-order valence-electron chi connectivity index (χ0n) is 13.9. The average Bonchev–Trinajstić information content (AvgIpc) is 3.35. The summed E-state index contributed by atoms with van der Waals surface area (Å²) in [5, 5.41) is 2.98. The number of nitrogens with one attached hydrogen (secondary N) is 1. The maximum absolute atomic E-state index is 12.5. The fourth-order valence-electron chi connectivity index (χ4n) is 3.23. The summed E-state index contributed by atoms with van der Waals surface area (Å²) in [5.74, 6) is 1.03. The molecule has 0 spiro atoms. The topological polar surface area (TPSA) is 49.4 Å². The summed E-state index contributed by atoms with van der Waals surface area (Å²) >= 11 is 0. The van der Waals surface area contributed by atoms with Gasteiger partial charge in [-0.25, -0.2) is 0 Å². The molecule has 0 unspecified atom stereocenters. The summed E-state index contributed by atoms with van der Waals surface area (Å²) in [7, 11) is 0. The molecule has 4 nitrogen and oxygen atoms in total. The minimum absolute atomic E-state index is 0.134. The van der Waals surface area contributed by atoms with E-state index in [1.165, 1.54) is 12.8 Å². The lowest BCUT2D eigenvalue weighted by molar-refractivity contribution is -0.122. The number of carbonyl (C=O) groups is 2. The average molecular weight is 314 g/mol. The third-order valence-corrected chi connectivity index (χ3v) is 5.01. The summed E-state index contributed by atoms with van der Waals surface area (Å²) in [6, 6.07) is 7.66. The molecule has 2 fully saturated rings. The van der Waals surface area contributed by atoms with Crippen LogP contribution in [0.15, 0.2) is 24.3 Å². The lowest BCUT2D eigenvalue weighted by Gasteiger charge is -2.20. The van der Waals surface area contributed by atoms with Gasteiger partial charge in [0.2, 0.25) is 5.91 Å². The number of hydrogen-bond acceptors (Lipinski definition) is 2. The number of benzene rings is 1. The van der Waals surface area contributed by atoms with Crippen LogP contribution in [-0.2, 0) is 11.3 Å². The van der Waals surface area contributed by atoms with Crippen molar-refractivity contribution in [3.63, 3.8) is 0 Å². The maximum atomic E-state index is 12.5. The molecule has 0 bridgehead atoms. The maximum Gasteiger partial charge on any atom is 0.253 e. The first-order valence-corrected chi connectivity index (χ1v) is 8.81. The van der Waals surface area contributed by atoms with E-state index >= 15 is 0 Å². The summed E-state index contributed by atoms with van der Waals surface area (Å²) in [4.78, 5) is 26.3. The number of amides is 2. The largest absolute Gasteiger partial charge is 0.352 e. The van der Waals surface area contributed by atoms with E-state index in [4.69, 9.17) is 0 Å². The normalized spacial score (nSPS) is 24.0. The summed E-state index contributed by atoms with van der Waals surface area (Å²) < 4.78 is 0. The highest BCUT2D eigenvalue weighted by Gasteiger charge is 2.38. The van der Waals surface area contributed by atoms with Crippen molar-refractivity contribution in [1.82, 2.24) is 10.2 Å². The smallest absolute Gasteiger partial charge is 0.253 e. The fourth-order valence-corrected chi connectivity index (χ4v) is 3.23. The summed E-state index contributed by atoms with van der Waals surface area (Å²) in [5.41, 5.74) is 1.79. The van der Waals surface area contributed by atoms with Gasteiger partial charge in [0.25, 0.3) is 5.91 Å². The monoisotopic (exact) mass is 314 g/mol. The van der Waals surface area contributed by atoms with Gasteiger partial charge < -0.3 is 10.2 Å². The molecule has 2 amide bonds. The molecule has 1 aromatic rings. The van der Waals surface area contributed by atoms with Crippen LogP contribution in [-0.4, -0.2) is 29.8 Å². The molecule has 124 valence electrons. The highest BCUT2D eigenvalue weighted by atomic mass is 16.2. The Morgan fingerprint density at radius 3 is 2.26 bits per heavy atom. The number of rotatable bonds is 4. The van der Waals surface area contributed by atoms with E-state index < -0.39 is 0 Å². The molecular formula is C19H26N2O2. The van der Waals surface area contributed by atoms with Crippen molar-refractivity contribution >= 4 is 11.8 Å². The van der Waals surface area contributed by atoms with Crippen molar-refractivity contribution in [2.75, 3.05) is 13.1 Å². The van der Waals surface area contributed by atoms with Crippen LogP contribution in [0.25, 0.3) is 0 Å². The Hall–Kier alpha value is -1.84. The van der Waals surface area contributed by atoms with Gasteiger partial charge in [0.05, 0.1) is 0 Å². The van der Waals surface area contributed by atoms with Crippen molar-refractivity contribution in [2.24, 2.45) is 11.8 Å². The minimum Gasteiger partial charge on any atom is -0.352 e. The van der Waals surface area contributed by atoms with Gasteiger partial charge in [0.15, 0.2) is 0 Å². The van der Waals surface area contributed by atoms with Crippen LogP contribution >= 0.6 is 0 Å². The number of carbonyl (C=O) groups excluding carboxylic acids is 2. The Bertz CT molecular complexity index is 559. The van der Waals surface area contributed by atoms with Gasteiger partial charge in [-0.2, -0.15) is 0 Å². The van der Waals surface area contributed by atoms with Crippen molar-refractivity contribution in [3.05, 3.63) is 35.4 Å². The van der Waals surface area contributed by atoms with Gasteiger partial charge in [-0.15, -0.1) is 0 Å². The summed E-state index contributed by atoms with van der Waals surface area (Å²) in [6.45, 7) is 4.39. The Morgan fingerprint density at radius 2 is 1.70 bits per heavy atom. The predicted octanol–water partition coefficient (Wildman–Crippen LogP) is 2.98. The second kappa shape index (κ2) is 7.16. The first-order valence-electron chi connectivity index (χ1n) is 8.81. The van der Waals surface area contributed by atoms with Crippen LogP contribution in [0.5, 0.6) is 0 Å². The van der Waals surface area contributed by atoms with Crippen LogP contribution < -0.4 is 5.32 Å². The van der Waals surface area contributed by atoms with Crippen LogP contribution in [0.1, 0.15) is 54.9 Å². The third-order valence-electron chi connectivity index (χ3n) is 5.01. The lowest BCUT2D eigenvalue weighted by atomic mass is 10.1. The van der Waals surface area contributed by atoms with Crippen molar-refractivity contribution in [2.45, 2.75) is 45.6 Å². The van der Waals surface area contributed by atoms with Crippen molar-refractivity contribution in [1.29, 1.82) is 0 Å². The third kappa shape index (κ3) is 4.12. The number of hydrogen-bond donors (Lipinski definition) is 1. The van der Waals surface area contributed by atoms with Crippen molar-refractivity contribution in [3.8, 4) is 0 Å². The standard InChI is InChI=1S/C19H26N2O2/c1-14-12-17(14)18(22)20-13-15-6-8-16(9-7-15)19(23)21-10-4-2-3-5-11-21/h6-9,14,17H,2-5,10-13H2,1H3,(H,20,22)/t14-,17+/m1/s1. The number of likely N-dealkylation sites (tertiary alicyclic amines) is 1. The molecule has 1 aliphatic heterocycles. The molecule has 1 aliphatic carbocycles. The zero-order valence-corrected chi connectivity index (χ0v) is 13.9. The van der Waals surface area contributed by atoms with E-state index in [1.54, 1.807) is 0 Å². The molecule has 23 heavy (non-hydrogen) atoms. The quantitative estimate of drug-likeness (QED) is 0.929. The second-order valence-corrected chi connectivity index (χ2v) is 6.94. The SMILES string of the molecule is C[C@@H]1C[C@@H]1C(=O)NCc1ccc(C(=O)N2CCCCCC2)cc1. The lowest BCUT2D eigenvalue weighted by Crippen LogP contribution is -2.31. The summed E-state index contributed by atoms with van der Waals surface area (Å²) in [6.07, 6.45) is 5.67. The van der Waals surface area contributed by atoms with Gasteiger partial charge in [0.1, 0.15) is 0 Å². The van der Waals surface area contributed by atoms with E-state index in [9.17, 15) is 9.59 Å². The Balaban J connectivity index is 1.53. The highest BCUT2D eigenvalue weighted by Crippen LogP contribution is 2.37. The Morgan fingerprint density at radius 1 is 1.09 bits per heavy atom. The zero-order chi connectivity index (χ0) is 16.2. The van der Waals surface area contributed by atoms with Crippen LogP contribution in [0.3, 0.4) is 0 Å². The second-order valence-electron chi connectivity index (χ2n) is 6.94. The molecule has 0 aromatic heterocycles. The molecule has 1 heterocycles. The first kappa shape index (κ1) is 16.0. The van der Waals surface area contributed by atoms with Gasteiger partial charge in [-0.1, -0.05) is 31.9 Å². The van der Waals surface area contributed by atoms with Crippen molar-refractivity contribution < 1.29 is 9.59 Å². The highest BCUT2D eigenvalue weighted by molar-refractivity contribution is 5.94. The molecule has 1 saturated heterocycles. The van der Waals surface area contributed by atoms with E-state index in [1.807, 2.05) is 29.2 Å². The van der Waals surface area contributed by atoms with Crippen LogP contribution in [0, 0.1) is 11.8 Å². The van der Waals surface area contributed by atoms with E-state index in [0.29, 0.717) is 12.5 Å². The number of nitrogens with zero attached hydrogens (tertiary/aromatic N) is 1. The molecule has 1 saturated carbocycles.